The minimum absolute atomic E-state index is 0.0425. The van der Waals surface area contributed by atoms with E-state index in [4.69, 9.17) is 5.73 Å². The topological polar surface area (TPSA) is 55.1 Å². The molecular weight excluding hydrogens is 140 g/mol. The summed E-state index contributed by atoms with van der Waals surface area (Å²) in [5.74, 6) is 0.0503. The van der Waals surface area contributed by atoms with Crippen LogP contribution in [0.2, 0.25) is 0 Å². The van der Waals surface area contributed by atoms with Crippen LogP contribution in [-0.4, -0.2) is 18.0 Å². The molecule has 0 aromatic rings. The Labute approximate surface area is 68.3 Å². The van der Waals surface area contributed by atoms with Gasteiger partial charge in [-0.2, -0.15) is 0 Å². The molecule has 0 rings (SSSR count). The van der Waals surface area contributed by atoms with E-state index < -0.39 is 0 Å². The van der Waals surface area contributed by atoms with Gasteiger partial charge in [0.2, 0.25) is 5.91 Å². The van der Waals surface area contributed by atoms with Crippen LogP contribution in [0, 0.1) is 0 Å². The zero-order valence-corrected chi connectivity index (χ0v) is 7.55. The predicted molar refractivity (Wildman–Crippen MR) is 46.2 cm³/mol. The summed E-state index contributed by atoms with van der Waals surface area (Å²) >= 11 is 0. The number of nitrogens with one attached hydrogen (secondary N) is 1. The van der Waals surface area contributed by atoms with E-state index in [0.29, 0.717) is 6.42 Å². The maximum absolute atomic E-state index is 11.0. The lowest BCUT2D eigenvalue weighted by Crippen LogP contribution is -2.35. The van der Waals surface area contributed by atoms with Crippen LogP contribution in [0.3, 0.4) is 0 Å². The Balaban J connectivity index is 3.52. The lowest BCUT2D eigenvalue weighted by atomic mass is 10.2. The largest absolute Gasteiger partial charge is 0.354 e. The molecule has 11 heavy (non-hydrogen) atoms. The van der Waals surface area contributed by atoms with Crippen molar-refractivity contribution in [3.05, 3.63) is 0 Å². The minimum Gasteiger partial charge on any atom is -0.354 e. The second-order valence-electron chi connectivity index (χ2n) is 3.06. The normalized spacial score (nSPS) is 15.6. The van der Waals surface area contributed by atoms with E-state index in [1.54, 1.807) is 0 Å². The molecule has 0 saturated heterocycles. The summed E-state index contributed by atoms with van der Waals surface area (Å²) in [6, 6.07) is 0.223. The maximum atomic E-state index is 11.0. The molecule has 0 bridgehead atoms. The van der Waals surface area contributed by atoms with Gasteiger partial charge in [-0.15, -0.1) is 0 Å². The standard InChI is InChI=1S/C8H18N2O/c1-4-7(3)10-8(11)5-6(2)9/h6-7H,4-5,9H2,1-3H3,(H,10,11)/t6?,7-/m0/s1. The second-order valence-corrected chi connectivity index (χ2v) is 3.06. The molecule has 0 aromatic carbocycles. The van der Waals surface area contributed by atoms with E-state index in [9.17, 15) is 4.79 Å². The molecule has 1 amide bonds. The van der Waals surface area contributed by atoms with Crippen molar-refractivity contribution in [2.24, 2.45) is 5.73 Å². The summed E-state index contributed by atoms with van der Waals surface area (Å²) in [5.41, 5.74) is 5.45. The first-order chi connectivity index (χ1) is 5.06. The van der Waals surface area contributed by atoms with Gasteiger partial charge in [-0.1, -0.05) is 6.92 Å². The van der Waals surface area contributed by atoms with Gasteiger partial charge in [0.05, 0.1) is 0 Å². The molecule has 66 valence electrons. The molecule has 2 atom stereocenters. The third-order valence-corrected chi connectivity index (χ3v) is 1.53. The Morgan fingerprint density at radius 1 is 1.55 bits per heavy atom. The number of carbonyl (C=O) groups excluding carboxylic acids is 1. The van der Waals surface area contributed by atoms with Gasteiger partial charge in [-0.3, -0.25) is 4.79 Å². The van der Waals surface area contributed by atoms with Gasteiger partial charge in [0.15, 0.2) is 0 Å². The van der Waals surface area contributed by atoms with Gasteiger partial charge < -0.3 is 11.1 Å². The number of hydrogen-bond acceptors (Lipinski definition) is 2. The lowest BCUT2D eigenvalue weighted by molar-refractivity contribution is -0.121. The van der Waals surface area contributed by atoms with E-state index in [2.05, 4.69) is 5.32 Å². The molecule has 1 unspecified atom stereocenters. The van der Waals surface area contributed by atoms with Gasteiger partial charge in [0.25, 0.3) is 0 Å². The van der Waals surface area contributed by atoms with Crippen molar-refractivity contribution in [2.45, 2.75) is 45.7 Å². The van der Waals surface area contributed by atoms with Gasteiger partial charge in [0.1, 0.15) is 0 Å². The molecule has 0 aliphatic rings. The van der Waals surface area contributed by atoms with Crippen LogP contribution in [0.25, 0.3) is 0 Å². The van der Waals surface area contributed by atoms with Crippen LogP contribution in [0.1, 0.15) is 33.6 Å². The Morgan fingerprint density at radius 2 is 2.09 bits per heavy atom. The molecule has 0 aliphatic heterocycles. The van der Waals surface area contributed by atoms with Crippen LogP contribution in [0.5, 0.6) is 0 Å². The molecule has 0 spiro atoms. The lowest BCUT2D eigenvalue weighted by Gasteiger charge is -2.12. The third-order valence-electron chi connectivity index (χ3n) is 1.53. The molecule has 0 aromatic heterocycles. The average molecular weight is 158 g/mol. The number of amides is 1. The van der Waals surface area contributed by atoms with Crippen molar-refractivity contribution < 1.29 is 4.79 Å². The van der Waals surface area contributed by atoms with Gasteiger partial charge in [-0.25, -0.2) is 0 Å². The first-order valence-electron chi connectivity index (χ1n) is 4.11. The van der Waals surface area contributed by atoms with Crippen molar-refractivity contribution in [1.29, 1.82) is 0 Å². The number of nitrogens with two attached hydrogens (primary N) is 1. The van der Waals surface area contributed by atoms with Gasteiger partial charge in [0, 0.05) is 18.5 Å². The number of carbonyl (C=O) groups is 1. The van der Waals surface area contributed by atoms with E-state index in [1.165, 1.54) is 0 Å². The number of hydrogen-bond donors (Lipinski definition) is 2. The minimum atomic E-state index is -0.0425. The molecule has 3 nitrogen and oxygen atoms in total. The Hall–Kier alpha value is -0.570. The van der Waals surface area contributed by atoms with Gasteiger partial charge >= 0.3 is 0 Å². The van der Waals surface area contributed by atoms with E-state index >= 15 is 0 Å². The zero-order chi connectivity index (χ0) is 8.85. The number of rotatable bonds is 4. The fraction of sp³-hybridized carbons (Fsp3) is 0.875. The molecular formula is C8H18N2O. The van der Waals surface area contributed by atoms with Crippen molar-refractivity contribution in [3.8, 4) is 0 Å². The van der Waals surface area contributed by atoms with Crippen LogP contribution in [0.15, 0.2) is 0 Å². The highest BCUT2D eigenvalue weighted by molar-refractivity contribution is 5.76. The fourth-order valence-electron chi connectivity index (χ4n) is 0.728. The second kappa shape index (κ2) is 5.13. The highest BCUT2D eigenvalue weighted by atomic mass is 16.1. The first kappa shape index (κ1) is 10.4. The van der Waals surface area contributed by atoms with Crippen LogP contribution >= 0.6 is 0 Å². The maximum Gasteiger partial charge on any atom is 0.221 e. The van der Waals surface area contributed by atoms with E-state index in [0.717, 1.165) is 6.42 Å². The third kappa shape index (κ3) is 5.85. The molecule has 3 N–H and O–H groups in total. The van der Waals surface area contributed by atoms with Crippen LogP contribution in [0.4, 0.5) is 0 Å². The van der Waals surface area contributed by atoms with Crippen molar-refractivity contribution in [2.75, 3.05) is 0 Å². The summed E-state index contributed by atoms with van der Waals surface area (Å²) in [6.07, 6.45) is 1.38. The summed E-state index contributed by atoms with van der Waals surface area (Å²) in [6.45, 7) is 5.85. The predicted octanol–water partition coefficient (Wildman–Crippen LogP) is 0.638. The Morgan fingerprint density at radius 3 is 2.45 bits per heavy atom. The highest BCUT2D eigenvalue weighted by Gasteiger charge is 2.06. The molecule has 0 aliphatic carbocycles. The smallest absolute Gasteiger partial charge is 0.221 e. The Bertz CT molecular complexity index is 123. The summed E-state index contributed by atoms with van der Waals surface area (Å²) in [5, 5.41) is 2.84. The highest BCUT2D eigenvalue weighted by Crippen LogP contribution is 1.91. The first-order valence-corrected chi connectivity index (χ1v) is 4.11. The molecule has 0 saturated carbocycles. The van der Waals surface area contributed by atoms with E-state index in [-0.39, 0.29) is 18.0 Å². The van der Waals surface area contributed by atoms with Crippen molar-refractivity contribution in [3.63, 3.8) is 0 Å². The quantitative estimate of drug-likeness (QED) is 0.630. The van der Waals surface area contributed by atoms with Crippen molar-refractivity contribution in [1.82, 2.24) is 5.32 Å². The molecule has 0 heterocycles. The summed E-state index contributed by atoms with van der Waals surface area (Å²) < 4.78 is 0. The molecule has 0 radical (unpaired) electrons. The van der Waals surface area contributed by atoms with E-state index in [1.807, 2.05) is 20.8 Å². The molecule has 0 fully saturated rings. The van der Waals surface area contributed by atoms with Crippen LogP contribution in [-0.2, 0) is 4.79 Å². The fourth-order valence-corrected chi connectivity index (χ4v) is 0.728. The zero-order valence-electron chi connectivity index (χ0n) is 7.55. The average Bonchev–Trinajstić information content (AvgIpc) is 1.85. The Kier molecular flexibility index (Phi) is 4.86. The summed E-state index contributed by atoms with van der Waals surface area (Å²) in [7, 11) is 0. The van der Waals surface area contributed by atoms with Crippen molar-refractivity contribution >= 4 is 5.91 Å². The molecule has 3 heteroatoms. The van der Waals surface area contributed by atoms with Gasteiger partial charge in [-0.05, 0) is 20.3 Å². The SMILES string of the molecule is CC[C@H](C)NC(=O)CC(C)N. The summed E-state index contributed by atoms with van der Waals surface area (Å²) in [4.78, 5) is 11.0. The monoisotopic (exact) mass is 158 g/mol. The van der Waals surface area contributed by atoms with Crippen LogP contribution < -0.4 is 11.1 Å².